The fourth-order valence-electron chi connectivity index (χ4n) is 5.41. The Labute approximate surface area is 313 Å². The van der Waals surface area contributed by atoms with Crippen LogP contribution in [-0.2, 0) is 27.9 Å². The van der Waals surface area contributed by atoms with Gasteiger partial charge in [0, 0.05) is 19.6 Å². The third-order valence-electron chi connectivity index (χ3n) is 8.47. The van der Waals surface area contributed by atoms with Crippen LogP contribution in [0.3, 0.4) is 0 Å². The molecule has 0 heterocycles. The van der Waals surface area contributed by atoms with Gasteiger partial charge >= 0.3 is 13.8 Å². The van der Waals surface area contributed by atoms with E-state index >= 15 is 0 Å². The van der Waals surface area contributed by atoms with Crippen molar-refractivity contribution in [2.45, 2.75) is 180 Å². The Morgan fingerprint density at radius 2 is 1.04 bits per heavy atom. The highest BCUT2D eigenvalue weighted by molar-refractivity contribution is 7.47. The Kier molecular flexibility index (Phi) is 38.5. The monoisotopic (exact) mass is 740 g/mol. The predicted octanol–water partition coefficient (Wildman–Crippen LogP) is 12.0. The molecule has 0 amide bonds. The Morgan fingerprint density at radius 1 is 0.588 bits per heavy atom. The molecule has 2 unspecified atom stereocenters. The summed E-state index contributed by atoms with van der Waals surface area (Å²) < 4.78 is 33.4. The molecular weight excluding hydrogens is 661 g/mol. The van der Waals surface area contributed by atoms with Crippen molar-refractivity contribution in [3.8, 4) is 0 Å². The number of carbonyl (C=O) groups is 1. The van der Waals surface area contributed by atoms with E-state index in [4.69, 9.17) is 24.3 Å². The van der Waals surface area contributed by atoms with Gasteiger partial charge in [-0.25, -0.2) is 4.57 Å². The van der Waals surface area contributed by atoms with E-state index < -0.39 is 13.9 Å². The lowest BCUT2D eigenvalue weighted by atomic mass is 10.1. The molecule has 0 radical (unpaired) electrons. The molecule has 0 saturated heterocycles. The number of carbonyl (C=O) groups excluding carboxylic acids is 1. The smallest absolute Gasteiger partial charge is 0.457 e. The van der Waals surface area contributed by atoms with E-state index in [9.17, 15) is 14.3 Å². The number of hydrogen-bond donors (Lipinski definition) is 2. The summed E-state index contributed by atoms with van der Waals surface area (Å²) >= 11 is 0. The Morgan fingerprint density at radius 3 is 1.57 bits per heavy atom. The lowest BCUT2D eigenvalue weighted by Crippen LogP contribution is -2.28. The number of nitrogens with two attached hydrogens (primary N) is 1. The standard InChI is InChI=1S/C42H78NO7P/c1-3-5-7-9-11-13-15-17-19-20-22-24-26-28-30-32-34-37-47-39-41(40-49-51(45,46)48-38-36-43)50-42(44)35-33-31-29-27-25-23-21-18-16-14-12-10-8-6-4-2/h12-15,18-21,41H,3-11,16-17,22-40,43H2,1-2H3,(H,45,46)/b14-12-,15-13-,20-19-,21-18-. The molecule has 0 aliphatic carbocycles. The molecule has 2 atom stereocenters. The maximum absolute atomic E-state index is 12.6. The van der Waals surface area contributed by atoms with Gasteiger partial charge in [0.1, 0.15) is 6.10 Å². The SMILES string of the molecule is CCCCC/C=C\C/C=C\CCCCCCCC(=O)OC(COCCCCCCCC/C=C\C/C=C\CCCCCC)COP(=O)(O)OCCN. The van der Waals surface area contributed by atoms with E-state index in [1.807, 2.05) is 0 Å². The lowest BCUT2D eigenvalue weighted by molar-refractivity contribution is -0.154. The maximum atomic E-state index is 12.6. The van der Waals surface area contributed by atoms with Gasteiger partial charge in [-0.2, -0.15) is 0 Å². The molecule has 298 valence electrons. The minimum atomic E-state index is -4.28. The van der Waals surface area contributed by atoms with Crippen LogP contribution in [0.15, 0.2) is 48.6 Å². The van der Waals surface area contributed by atoms with Crippen molar-refractivity contribution in [1.29, 1.82) is 0 Å². The molecule has 0 rings (SSSR count). The fourth-order valence-corrected chi connectivity index (χ4v) is 6.17. The van der Waals surface area contributed by atoms with Crippen LogP contribution >= 0.6 is 7.82 Å². The van der Waals surface area contributed by atoms with Crippen molar-refractivity contribution in [1.82, 2.24) is 0 Å². The number of esters is 1. The van der Waals surface area contributed by atoms with Gasteiger partial charge in [-0.05, 0) is 77.0 Å². The third kappa shape index (κ3) is 39.5. The van der Waals surface area contributed by atoms with E-state index in [-0.39, 0.29) is 32.3 Å². The van der Waals surface area contributed by atoms with Crippen LogP contribution in [0.4, 0.5) is 0 Å². The summed E-state index contributed by atoms with van der Waals surface area (Å²) in [5.74, 6) is -0.349. The van der Waals surface area contributed by atoms with E-state index in [0.717, 1.165) is 77.0 Å². The zero-order chi connectivity index (χ0) is 37.4. The molecule has 0 fully saturated rings. The second-order valence-electron chi connectivity index (χ2n) is 13.5. The first-order valence-electron chi connectivity index (χ1n) is 20.6. The summed E-state index contributed by atoms with van der Waals surface area (Å²) in [4.78, 5) is 22.4. The molecule has 0 aliphatic rings. The zero-order valence-corrected chi connectivity index (χ0v) is 33.7. The number of phosphoric ester groups is 1. The number of hydrogen-bond acceptors (Lipinski definition) is 7. The van der Waals surface area contributed by atoms with Gasteiger partial charge < -0.3 is 20.1 Å². The zero-order valence-electron chi connectivity index (χ0n) is 32.8. The molecule has 0 aromatic heterocycles. The number of phosphoric acid groups is 1. The van der Waals surface area contributed by atoms with Crippen molar-refractivity contribution in [2.75, 3.05) is 33.0 Å². The second kappa shape index (κ2) is 39.7. The molecule has 8 nitrogen and oxygen atoms in total. The van der Waals surface area contributed by atoms with E-state index in [1.54, 1.807) is 0 Å². The summed E-state index contributed by atoms with van der Waals surface area (Å²) in [7, 11) is -4.28. The van der Waals surface area contributed by atoms with Crippen molar-refractivity contribution in [2.24, 2.45) is 5.73 Å². The van der Waals surface area contributed by atoms with Crippen LogP contribution in [0.5, 0.6) is 0 Å². The normalized spacial score (nSPS) is 14.0. The molecule has 9 heteroatoms. The van der Waals surface area contributed by atoms with E-state index in [0.29, 0.717) is 13.0 Å². The molecular formula is C42H78NO7P. The van der Waals surface area contributed by atoms with Crippen LogP contribution in [0, 0.1) is 0 Å². The highest BCUT2D eigenvalue weighted by atomic mass is 31.2. The minimum Gasteiger partial charge on any atom is -0.457 e. The highest BCUT2D eigenvalue weighted by Gasteiger charge is 2.25. The summed E-state index contributed by atoms with van der Waals surface area (Å²) in [6.07, 6.45) is 45.5. The largest absolute Gasteiger partial charge is 0.472 e. The van der Waals surface area contributed by atoms with Crippen LogP contribution in [-0.4, -0.2) is 49.9 Å². The van der Waals surface area contributed by atoms with E-state index in [2.05, 4.69) is 62.5 Å². The third-order valence-corrected chi connectivity index (χ3v) is 9.45. The first-order chi connectivity index (χ1) is 24.9. The lowest BCUT2D eigenvalue weighted by Gasteiger charge is -2.20. The molecule has 0 aromatic rings. The molecule has 0 spiro atoms. The van der Waals surface area contributed by atoms with Crippen LogP contribution in [0.25, 0.3) is 0 Å². The maximum Gasteiger partial charge on any atom is 0.472 e. The highest BCUT2D eigenvalue weighted by Crippen LogP contribution is 2.43. The van der Waals surface area contributed by atoms with Gasteiger partial charge in [0.15, 0.2) is 0 Å². The van der Waals surface area contributed by atoms with Gasteiger partial charge in [0.25, 0.3) is 0 Å². The number of allylic oxidation sites excluding steroid dienone is 8. The van der Waals surface area contributed by atoms with Crippen molar-refractivity contribution in [3.63, 3.8) is 0 Å². The Balaban J connectivity index is 4.11. The Hall–Kier alpha value is -1.54. The quantitative estimate of drug-likeness (QED) is 0.0277. The molecule has 0 aromatic carbocycles. The summed E-state index contributed by atoms with van der Waals surface area (Å²) in [6.45, 7) is 4.83. The number of rotatable bonds is 39. The number of ether oxygens (including phenoxy) is 2. The van der Waals surface area contributed by atoms with E-state index in [1.165, 1.54) is 77.0 Å². The van der Waals surface area contributed by atoms with Gasteiger partial charge in [-0.1, -0.05) is 140 Å². The summed E-state index contributed by atoms with van der Waals surface area (Å²) in [6, 6.07) is 0. The summed E-state index contributed by atoms with van der Waals surface area (Å²) in [5.41, 5.74) is 5.36. The predicted molar refractivity (Wildman–Crippen MR) is 215 cm³/mol. The average molecular weight is 740 g/mol. The average Bonchev–Trinajstić information content (AvgIpc) is 3.12. The van der Waals surface area contributed by atoms with Gasteiger partial charge in [0.05, 0.1) is 19.8 Å². The Bertz CT molecular complexity index is 921. The van der Waals surface area contributed by atoms with Crippen LogP contribution in [0.2, 0.25) is 0 Å². The molecule has 51 heavy (non-hydrogen) atoms. The summed E-state index contributed by atoms with van der Waals surface area (Å²) in [5, 5.41) is 0. The molecule has 0 saturated carbocycles. The van der Waals surface area contributed by atoms with Crippen molar-refractivity contribution < 1.29 is 32.8 Å². The first-order valence-corrected chi connectivity index (χ1v) is 22.1. The van der Waals surface area contributed by atoms with Gasteiger partial charge in [0.2, 0.25) is 0 Å². The fraction of sp³-hybridized carbons (Fsp3) is 0.786. The van der Waals surface area contributed by atoms with Gasteiger partial charge in [-0.15, -0.1) is 0 Å². The number of unbranched alkanes of at least 4 members (excludes halogenated alkanes) is 18. The first kappa shape index (κ1) is 49.5. The van der Waals surface area contributed by atoms with Crippen molar-refractivity contribution >= 4 is 13.8 Å². The molecule has 0 aliphatic heterocycles. The molecule has 0 bridgehead atoms. The minimum absolute atomic E-state index is 0.0945. The van der Waals surface area contributed by atoms with Crippen LogP contribution in [0.1, 0.15) is 174 Å². The van der Waals surface area contributed by atoms with Crippen molar-refractivity contribution in [3.05, 3.63) is 48.6 Å². The van der Waals surface area contributed by atoms with Gasteiger partial charge in [-0.3, -0.25) is 13.8 Å². The second-order valence-corrected chi connectivity index (χ2v) is 14.9. The van der Waals surface area contributed by atoms with Crippen LogP contribution < -0.4 is 5.73 Å². The molecule has 3 N–H and O–H groups in total. The topological polar surface area (TPSA) is 117 Å².